The van der Waals surface area contributed by atoms with Crippen LogP contribution in [0.5, 0.6) is 0 Å². The highest BCUT2D eigenvalue weighted by molar-refractivity contribution is 5.71. The van der Waals surface area contributed by atoms with Gasteiger partial charge in [-0.2, -0.15) is 0 Å². The van der Waals surface area contributed by atoms with Crippen molar-refractivity contribution in [3.8, 4) is 0 Å². The number of hydrogen-bond donors (Lipinski definition) is 4. The van der Waals surface area contributed by atoms with Crippen molar-refractivity contribution >= 4 is 11.9 Å². The Morgan fingerprint density at radius 3 is 2.25 bits per heavy atom. The predicted molar refractivity (Wildman–Crippen MR) is 191 cm³/mol. The summed E-state index contributed by atoms with van der Waals surface area (Å²) in [4.78, 5) is 24.1. The number of rotatable bonds is 10. The summed E-state index contributed by atoms with van der Waals surface area (Å²) in [5, 5.41) is 41.3. The first-order valence-electron chi connectivity index (χ1n) is 20.1. The molecule has 0 aromatic heterocycles. The highest BCUT2D eigenvalue weighted by Gasteiger charge is 2.65. The molecule has 6 saturated heterocycles. The molecule has 0 amide bonds. The molecular weight excluding hydrogens is 688 g/mol. The number of carboxylic acids is 2. The van der Waals surface area contributed by atoms with Crippen LogP contribution >= 0.6 is 0 Å². The van der Waals surface area contributed by atoms with Gasteiger partial charge in [0.2, 0.25) is 0 Å². The SMILES string of the molecule is COC1CC(CC2CCC(C)C(C(C)C(=O)O)O2)OC2(OC(C)(C3CCC(C)(C4OC(C5OC(C)(O)C(C)CC5C(=O)O)CC4CO)O3)CC2C)C1C. The minimum Gasteiger partial charge on any atom is -0.481 e. The van der Waals surface area contributed by atoms with Crippen LogP contribution in [-0.2, 0) is 42.7 Å². The Morgan fingerprint density at radius 2 is 1.60 bits per heavy atom. The summed E-state index contributed by atoms with van der Waals surface area (Å²) in [6.07, 6.45) is 2.65. The zero-order chi connectivity index (χ0) is 38.8. The highest BCUT2D eigenvalue weighted by atomic mass is 16.7. The van der Waals surface area contributed by atoms with Crippen molar-refractivity contribution in [2.75, 3.05) is 13.7 Å². The van der Waals surface area contributed by atoms with Gasteiger partial charge in [-0.1, -0.05) is 27.7 Å². The van der Waals surface area contributed by atoms with Crippen molar-refractivity contribution in [2.24, 2.45) is 41.4 Å². The van der Waals surface area contributed by atoms with Crippen LogP contribution in [0.15, 0.2) is 0 Å². The standard InChI is InChI=1S/C40H66O13/c1-20-10-11-26(48-32(20)23(4)35(42)43)16-27-17-29(47-9)24(5)40(50-27)22(3)18-38(7,53-40)31-12-13-37(6,51-31)34-25(19-41)15-30(49-34)33-28(36(44)45)14-21(2)39(8,46)52-33/h20-34,41,46H,10-19H2,1-9H3,(H,42,43)(H,44,45). The third-order valence-electron chi connectivity index (χ3n) is 14.5. The van der Waals surface area contributed by atoms with Crippen LogP contribution in [0.25, 0.3) is 0 Å². The van der Waals surface area contributed by atoms with Crippen molar-refractivity contribution in [3.05, 3.63) is 0 Å². The third-order valence-corrected chi connectivity index (χ3v) is 14.5. The minimum absolute atomic E-state index is 0.00868. The van der Waals surface area contributed by atoms with Gasteiger partial charge in [0, 0.05) is 50.2 Å². The molecule has 19 atom stereocenters. The first kappa shape index (κ1) is 41.2. The molecule has 0 aromatic carbocycles. The molecule has 0 saturated carbocycles. The van der Waals surface area contributed by atoms with E-state index in [1.165, 1.54) is 0 Å². The summed E-state index contributed by atoms with van der Waals surface area (Å²) in [6, 6.07) is 0. The normalized spacial score (nSPS) is 52.5. The quantitative estimate of drug-likeness (QED) is 0.240. The lowest BCUT2D eigenvalue weighted by atomic mass is 9.78. The molecule has 6 fully saturated rings. The number of ether oxygens (including phenoxy) is 7. The molecule has 4 N–H and O–H groups in total. The predicted octanol–water partition coefficient (Wildman–Crippen LogP) is 4.77. The van der Waals surface area contributed by atoms with Crippen molar-refractivity contribution in [2.45, 2.75) is 185 Å². The van der Waals surface area contributed by atoms with E-state index in [1.807, 2.05) is 6.92 Å². The zero-order valence-electron chi connectivity index (χ0n) is 33.2. The Morgan fingerprint density at radius 1 is 0.887 bits per heavy atom. The van der Waals surface area contributed by atoms with E-state index in [2.05, 4.69) is 27.7 Å². The third kappa shape index (κ3) is 7.57. The second-order valence-corrected chi connectivity index (χ2v) is 18.4. The molecule has 6 heterocycles. The molecule has 1 spiro atoms. The second-order valence-electron chi connectivity index (χ2n) is 18.4. The molecule has 304 valence electrons. The first-order chi connectivity index (χ1) is 24.8. The van der Waals surface area contributed by atoms with Gasteiger partial charge in [-0.05, 0) is 78.6 Å². The van der Waals surface area contributed by atoms with Gasteiger partial charge >= 0.3 is 11.9 Å². The lowest BCUT2D eigenvalue weighted by Gasteiger charge is -2.50. The van der Waals surface area contributed by atoms with Gasteiger partial charge in [-0.3, -0.25) is 9.59 Å². The maximum atomic E-state index is 12.3. The summed E-state index contributed by atoms with van der Waals surface area (Å²) in [5.74, 6) is -6.27. The molecule has 6 aliphatic rings. The van der Waals surface area contributed by atoms with Gasteiger partial charge in [-0.25, -0.2) is 0 Å². The number of carbonyl (C=O) groups is 2. The molecule has 0 aliphatic carbocycles. The van der Waals surface area contributed by atoms with Gasteiger partial charge in [0.15, 0.2) is 11.6 Å². The summed E-state index contributed by atoms with van der Waals surface area (Å²) in [6.45, 7) is 15.4. The topological polar surface area (TPSA) is 180 Å². The van der Waals surface area contributed by atoms with Gasteiger partial charge in [0.1, 0.15) is 6.10 Å². The van der Waals surface area contributed by atoms with Crippen molar-refractivity contribution in [1.82, 2.24) is 0 Å². The van der Waals surface area contributed by atoms with Crippen LogP contribution < -0.4 is 0 Å². The number of methoxy groups -OCH3 is 1. The van der Waals surface area contributed by atoms with Crippen molar-refractivity contribution < 1.29 is 63.2 Å². The zero-order valence-corrected chi connectivity index (χ0v) is 33.2. The molecule has 13 nitrogen and oxygen atoms in total. The summed E-state index contributed by atoms with van der Waals surface area (Å²) in [7, 11) is 1.73. The van der Waals surface area contributed by atoms with E-state index in [9.17, 15) is 30.0 Å². The van der Waals surface area contributed by atoms with E-state index in [-0.39, 0.29) is 73.1 Å². The highest BCUT2D eigenvalue weighted by Crippen LogP contribution is 2.57. The van der Waals surface area contributed by atoms with Gasteiger partial charge in [0.05, 0.1) is 65.8 Å². The number of aliphatic hydroxyl groups excluding tert-OH is 1. The minimum atomic E-state index is -1.49. The average Bonchev–Trinajstić information content (AvgIpc) is 3.79. The molecular formula is C40H66O13. The summed E-state index contributed by atoms with van der Waals surface area (Å²) < 4.78 is 46.4. The fourth-order valence-corrected chi connectivity index (χ4v) is 11.1. The largest absolute Gasteiger partial charge is 0.481 e. The molecule has 6 aliphatic heterocycles. The molecule has 0 radical (unpaired) electrons. The Labute approximate surface area is 314 Å². The van der Waals surface area contributed by atoms with Crippen LogP contribution in [0.3, 0.4) is 0 Å². The molecule has 53 heavy (non-hydrogen) atoms. The van der Waals surface area contributed by atoms with E-state index in [0.29, 0.717) is 38.5 Å². The Hall–Kier alpha value is -1.42. The number of aliphatic carboxylic acids is 2. The lowest BCUT2D eigenvalue weighted by Crippen LogP contribution is -2.58. The first-order valence-corrected chi connectivity index (χ1v) is 20.1. The maximum Gasteiger partial charge on any atom is 0.309 e. The van der Waals surface area contributed by atoms with Crippen LogP contribution in [0.1, 0.15) is 113 Å². The monoisotopic (exact) mass is 754 g/mol. The van der Waals surface area contributed by atoms with Crippen LogP contribution in [-0.4, -0.2) is 118 Å². The Balaban J connectivity index is 1.16. The fourth-order valence-electron chi connectivity index (χ4n) is 11.1. The van der Waals surface area contributed by atoms with Gasteiger partial charge in [0.25, 0.3) is 0 Å². The van der Waals surface area contributed by atoms with E-state index >= 15 is 0 Å². The lowest BCUT2D eigenvalue weighted by molar-refractivity contribution is -0.352. The van der Waals surface area contributed by atoms with Gasteiger partial charge < -0.3 is 53.6 Å². The number of hydrogen-bond acceptors (Lipinski definition) is 11. The number of aliphatic hydroxyl groups is 2. The second kappa shape index (κ2) is 15.2. The molecule has 19 unspecified atom stereocenters. The molecule has 0 aromatic rings. The fraction of sp³-hybridized carbons (Fsp3) is 0.950. The molecule has 0 bridgehead atoms. The number of carboxylic acid groups (broad SMARTS) is 2. The van der Waals surface area contributed by atoms with E-state index in [4.69, 9.17) is 33.2 Å². The van der Waals surface area contributed by atoms with E-state index in [0.717, 1.165) is 12.8 Å². The Kier molecular flexibility index (Phi) is 11.8. The average molecular weight is 755 g/mol. The summed E-state index contributed by atoms with van der Waals surface area (Å²) in [5.41, 5.74) is -1.48. The van der Waals surface area contributed by atoms with Crippen LogP contribution in [0, 0.1) is 41.4 Å². The van der Waals surface area contributed by atoms with Crippen LogP contribution in [0.4, 0.5) is 0 Å². The smallest absolute Gasteiger partial charge is 0.309 e. The van der Waals surface area contributed by atoms with Gasteiger partial charge in [-0.15, -0.1) is 0 Å². The molecule has 6 rings (SSSR count). The maximum absolute atomic E-state index is 12.3. The summed E-state index contributed by atoms with van der Waals surface area (Å²) >= 11 is 0. The van der Waals surface area contributed by atoms with E-state index < -0.39 is 64.9 Å². The Bertz CT molecular complexity index is 1330. The molecule has 13 heteroatoms. The van der Waals surface area contributed by atoms with Crippen LogP contribution in [0.2, 0.25) is 0 Å². The van der Waals surface area contributed by atoms with Crippen molar-refractivity contribution in [1.29, 1.82) is 0 Å². The van der Waals surface area contributed by atoms with E-state index in [1.54, 1.807) is 27.9 Å². The van der Waals surface area contributed by atoms with Crippen molar-refractivity contribution in [3.63, 3.8) is 0 Å².